The zero-order valence-electron chi connectivity index (χ0n) is 12.2. The molecule has 0 aliphatic heterocycles. The number of hydrogen-bond acceptors (Lipinski definition) is 4. The van der Waals surface area contributed by atoms with Gasteiger partial charge in [-0.05, 0) is 37.2 Å². The van der Waals surface area contributed by atoms with Gasteiger partial charge in [-0.3, -0.25) is 0 Å². The van der Waals surface area contributed by atoms with Crippen molar-refractivity contribution < 1.29 is 4.74 Å². The molecule has 0 amide bonds. The maximum Gasteiger partial charge on any atom is 0.122 e. The van der Waals surface area contributed by atoms with Gasteiger partial charge in [-0.2, -0.15) is 0 Å². The predicted octanol–water partition coefficient (Wildman–Crippen LogP) is 3.81. The molecular formula is C17H18N2OS. The molecule has 3 rings (SSSR count). The largest absolute Gasteiger partial charge is 0.496 e. The molecule has 1 N–H and O–H groups in total. The van der Waals surface area contributed by atoms with Crippen molar-refractivity contribution >= 4 is 21.6 Å². The first-order chi connectivity index (χ1) is 10.3. The van der Waals surface area contributed by atoms with Gasteiger partial charge in [-0.1, -0.05) is 30.3 Å². The van der Waals surface area contributed by atoms with Crippen molar-refractivity contribution in [2.75, 3.05) is 14.2 Å². The van der Waals surface area contributed by atoms with Crippen molar-refractivity contribution in [3.8, 4) is 5.75 Å². The Morgan fingerprint density at radius 2 is 1.90 bits per heavy atom. The normalized spacial score (nSPS) is 12.5. The minimum atomic E-state index is 0.193. The van der Waals surface area contributed by atoms with Crippen LogP contribution in [0.5, 0.6) is 5.75 Å². The van der Waals surface area contributed by atoms with Gasteiger partial charge in [-0.25, -0.2) is 4.98 Å². The Labute approximate surface area is 128 Å². The first-order valence-corrected chi connectivity index (χ1v) is 7.78. The zero-order chi connectivity index (χ0) is 14.7. The molecule has 2 aromatic carbocycles. The molecular weight excluding hydrogens is 280 g/mol. The first-order valence-electron chi connectivity index (χ1n) is 6.96. The van der Waals surface area contributed by atoms with E-state index < -0.39 is 0 Å². The summed E-state index contributed by atoms with van der Waals surface area (Å²) in [6.07, 6.45) is 0.861. The average Bonchev–Trinajstić information content (AvgIpc) is 2.96. The Bertz CT molecular complexity index is 705. The van der Waals surface area contributed by atoms with Crippen LogP contribution in [0.15, 0.2) is 48.5 Å². The molecule has 0 saturated heterocycles. The molecule has 0 radical (unpaired) electrons. The molecule has 1 atom stereocenters. The van der Waals surface area contributed by atoms with Crippen molar-refractivity contribution in [1.29, 1.82) is 0 Å². The Hall–Kier alpha value is -1.91. The highest BCUT2D eigenvalue weighted by Gasteiger charge is 2.16. The number of benzene rings is 2. The van der Waals surface area contributed by atoms with Crippen molar-refractivity contribution in [1.82, 2.24) is 10.3 Å². The van der Waals surface area contributed by atoms with Gasteiger partial charge in [0.05, 0.1) is 23.4 Å². The number of para-hydroxylation sites is 2. The maximum absolute atomic E-state index is 5.44. The molecule has 1 heterocycles. The molecule has 0 saturated carbocycles. The van der Waals surface area contributed by atoms with Crippen LogP contribution >= 0.6 is 11.3 Å². The fraction of sp³-hybridized carbons (Fsp3) is 0.235. The van der Waals surface area contributed by atoms with Crippen LogP contribution in [0.4, 0.5) is 0 Å². The van der Waals surface area contributed by atoms with Crippen molar-refractivity contribution in [2.24, 2.45) is 0 Å². The van der Waals surface area contributed by atoms with E-state index in [-0.39, 0.29) is 6.04 Å². The third-order valence-corrected chi connectivity index (χ3v) is 4.72. The van der Waals surface area contributed by atoms with Gasteiger partial charge < -0.3 is 10.1 Å². The zero-order valence-corrected chi connectivity index (χ0v) is 13.0. The number of ether oxygens (including phenoxy) is 1. The molecule has 1 unspecified atom stereocenters. The summed E-state index contributed by atoms with van der Waals surface area (Å²) in [7, 11) is 3.69. The lowest BCUT2D eigenvalue weighted by molar-refractivity contribution is 0.406. The maximum atomic E-state index is 5.44. The summed E-state index contributed by atoms with van der Waals surface area (Å²) in [6, 6.07) is 16.6. The number of aromatic nitrogens is 1. The number of hydrogen-bond donors (Lipinski definition) is 1. The third kappa shape index (κ3) is 2.91. The lowest BCUT2D eigenvalue weighted by Gasteiger charge is -2.15. The highest BCUT2D eigenvalue weighted by molar-refractivity contribution is 7.18. The Morgan fingerprint density at radius 3 is 2.67 bits per heavy atom. The smallest absolute Gasteiger partial charge is 0.122 e. The van der Waals surface area contributed by atoms with E-state index in [0.29, 0.717) is 0 Å². The monoisotopic (exact) mass is 298 g/mol. The molecule has 3 aromatic rings. The summed E-state index contributed by atoms with van der Waals surface area (Å²) in [6.45, 7) is 0. The molecule has 21 heavy (non-hydrogen) atoms. The van der Waals surface area contributed by atoms with E-state index in [4.69, 9.17) is 9.72 Å². The minimum absolute atomic E-state index is 0.193. The van der Waals surface area contributed by atoms with Crippen molar-refractivity contribution in [2.45, 2.75) is 12.5 Å². The van der Waals surface area contributed by atoms with E-state index in [2.05, 4.69) is 29.6 Å². The summed E-state index contributed by atoms with van der Waals surface area (Å²) in [5.41, 5.74) is 2.26. The van der Waals surface area contributed by atoms with Gasteiger partial charge in [0.1, 0.15) is 10.8 Å². The molecule has 3 nitrogen and oxygen atoms in total. The molecule has 4 heteroatoms. The summed E-state index contributed by atoms with van der Waals surface area (Å²) < 4.78 is 6.67. The molecule has 0 fully saturated rings. The summed E-state index contributed by atoms with van der Waals surface area (Å²) in [4.78, 5) is 4.75. The fourth-order valence-electron chi connectivity index (χ4n) is 2.44. The van der Waals surface area contributed by atoms with Gasteiger partial charge in [0.2, 0.25) is 0 Å². The lowest BCUT2D eigenvalue weighted by atomic mass is 10.1. The number of rotatable bonds is 5. The van der Waals surface area contributed by atoms with E-state index in [0.717, 1.165) is 22.7 Å². The van der Waals surface area contributed by atoms with Crippen molar-refractivity contribution in [3.05, 3.63) is 59.1 Å². The Balaban J connectivity index is 1.91. The third-order valence-electron chi connectivity index (χ3n) is 3.57. The number of nitrogens with zero attached hydrogens (tertiary/aromatic N) is 1. The van der Waals surface area contributed by atoms with Crippen LogP contribution in [0.1, 0.15) is 16.6 Å². The number of nitrogens with one attached hydrogen (secondary N) is 1. The van der Waals surface area contributed by atoms with E-state index in [1.165, 1.54) is 10.3 Å². The first kappa shape index (κ1) is 14.0. The standard InChI is InChI=1S/C17H18N2OS/c1-18-14(11-12-7-3-5-9-15(12)20-2)17-19-13-8-4-6-10-16(13)21-17/h3-10,14,18H,11H2,1-2H3. The van der Waals surface area contributed by atoms with E-state index >= 15 is 0 Å². The van der Waals surface area contributed by atoms with Crippen LogP contribution in [0.2, 0.25) is 0 Å². The molecule has 1 aromatic heterocycles. The van der Waals surface area contributed by atoms with Crippen LogP contribution in [0.3, 0.4) is 0 Å². The van der Waals surface area contributed by atoms with Crippen LogP contribution < -0.4 is 10.1 Å². The van der Waals surface area contributed by atoms with E-state index in [1.807, 2.05) is 31.3 Å². The average molecular weight is 298 g/mol. The van der Waals surface area contributed by atoms with Gasteiger partial charge in [0, 0.05) is 0 Å². The van der Waals surface area contributed by atoms with Gasteiger partial charge in [0.25, 0.3) is 0 Å². The molecule has 108 valence electrons. The number of fused-ring (bicyclic) bond motifs is 1. The summed E-state index contributed by atoms with van der Waals surface area (Å²) in [5, 5.41) is 4.49. The van der Waals surface area contributed by atoms with E-state index in [9.17, 15) is 0 Å². The SMILES string of the molecule is CNC(Cc1ccccc1OC)c1nc2ccccc2s1. The van der Waals surface area contributed by atoms with Gasteiger partial charge in [0.15, 0.2) is 0 Å². The summed E-state index contributed by atoms with van der Waals surface area (Å²) in [5.74, 6) is 0.930. The Morgan fingerprint density at radius 1 is 1.14 bits per heavy atom. The number of methoxy groups -OCH3 is 1. The van der Waals surface area contributed by atoms with Gasteiger partial charge >= 0.3 is 0 Å². The van der Waals surface area contributed by atoms with Crippen LogP contribution in [-0.4, -0.2) is 19.1 Å². The Kier molecular flexibility index (Phi) is 4.18. The minimum Gasteiger partial charge on any atom is -0.496 e. The topological polar surface area (TPSA) is 34.1 Å². The second-order valence-corrected chi connectivity index (χ2v) is 5.94. The lowest BCUT2D eigenvalue weighted by Crippen LogP contribution is -2.18. The fourth-order valence-corrected chi connectivity index (χ4v) is 3.52. The van der Waals surface area contributed by atoms with Crippen LogP contribution in [0, 0.1) is 0 Å². The second kappa shape index (κ2) is 6.24. The number of likely N-dealkylation sites (N-methyl/N-ethyl adjacent to an activating group) is 1. The summed E-state index contributed by atoms with van der Waals surface area (Å²) >= 11 is 1.75. The van der Waals surface area contributed by atoms with Crippen molar-refractivity contribution in [3.63, 3.8) is 0 Å². The molecule has 0 bridgehead atoms. The quantitative estimate of drug-likeness (QED) is 0.778. The van der Waals surface area contributed by atoms with E-state index in [1.54, 1.807) is 18.4 Å². The van der Waals surface area contributed by atoms with Gasteiger partial charge in [-0.15, -0.1) is 11.3 Å². The predicted molar refractivity (Wildman–Crippen MR) is 88.1 cm³/mol. The highest BCUT2D eigenvalue weighted by atomic mass is 32.1. The van der Waals surface area contributed by atoms with Crippen LogP contribution in [-0.2, 0) is 6.42 Å². The molecule has 0 aliphatic rings. The number of thiazole rings is 1. The highest BCUT2D eigenvalue weighted by Crippen LogP contribution is 2.30. The molecule has 0 aliphatic carbocycles. The van der Waals surface area contributed by atoms with Crippen LogP contribution in [0.25, 0.3) is 10.2 Å². The molecule has 0 spiro atoms. The second-order valence-electron chi connectivity index (χ2n) is 4.88.